The molecule has 2 N–H and O–H groups in total. The van der Waals surface area contributed by atoms with E-state index in [0.29, 0.717) is 12.4 Å². The summed E-state index contributed by atoms with van der Waals surface area (Å²) in [7, 11) is 0. The smallest absolute Gasteiger partial charge is 0.264 e. The maximum atomic E-state index is 11.1. The number of rotatable bonds is 5. The summed E-state index contributed by atoms with van der Waals surface area (Å²) in [5.74, 6) is 0.383. The second-order valence-corrected chi connectivity index (χ2v) is 5.44. The average molecular weight is 324 g/mol. The number of aryl methyl sites for hydroxylation is 1. The molecule has 24 heavy (non-hydrogen) atoms. The highest BCUT2D eigenvalue weighted by atomic mass is 16.6. The molecule has 0 aliphatic heterocycles. The van der Waals surface area contributed by atoms with Gasteiger partial charge in [0.1, 0.15) is 6.54 Å². The standard InChI is InChI=1S/C17H17N5O2/c1-12-15(11-19-17-16(22(23)24)9-6-10-18-17)13(2)21(20-12)14-7-4-3-5-8-14/h3-10H,11H2,1-2H3,(H,18,19)/p+1. The lowest BCUT2D eigenvalue weighted by molar-refractivity contribution is -0.409. The molecule has 122 valence electrons. The van der Waals surface area contributed by atoms with Gasteiger partial charge in [0, 0.05) is 17.3 Å². The van der Waals surface area contributed by atoms with Crippen molar-refractivity contribution in [3.8, 4) is 5.69 Å². The molecule has 0 amide bonds. The third-order valence-electron chi connectivity index (χ3n) is 3.91. The molecule has 0 bridgehead atoms. The van der Waals surface area contributed by atoms with Crippen LogP contribution in [-0.2, 0) is 6.54 Å². The number of nitro groups is 1. The van der Waals surface area contributed by atoms with E-state index in [9.17, 15) is 10.1 Å². The zero-order chi connectivity index (χ0) is 17.1. The summed E-state index contributed by atoms with van der Waals surface area (Å²) in [4.78, 5) is 13.6. The van der Waals surface area contributed by atoms with Gasteiger partial charge in [-0.25, -0.2) is 9.67 Å². The van der Waals surface area contributed by atoms with E-state index in [4.69, 9.17) is 0 Å². The lowest BCUT2D eigenvalue weighted by Gasteiger charge is -2.04. The number of para-hydroxylation sites is 1. The van der Waals surface area contributed by atoms with Crippen LogP contribution in [0.2, 0.25) is 0 Å². The Bertz CT molecular complexity index is 874. The molecule has 1 aromatic carbocycles. The molecule has 7 nitrogen and oxygen atoms in total. The maximum absolute atomic E-state index is 11.1. The number of hydrogen-bond donors (Lipinski definition) is 1. The fraction of sp³-hybridized carbons (Fsp3) is 0.176. The van der Waals surface area contributed by atoms with Crippen LogP contribution in [0, 0.1) is 24.0 Å². The second-order valence-electron chi connectivity index (χ2n) is 5.44. The van der Waals surface area contributed by atoms with Gasteiger partial charge in [0.05, 0.1) is 22.5 Å². The first kappa shape index (κ1) is 15.7. The van der Waals surface area contributed by atoms with Crippen molar-refractivity contribution in [1.82, 2.24) is 9.78 Å². The first-order chi connectivity index (χ1) is 11.6. The molecular formula is C17H18N5O2+. The third-order valence-corrected chi connectivity index (χ3v) is 3.91. The van der Waals surface area contributed by atoms with E-state index in [-0.39, 0.29) is 5.69 Å². The van der Waals surface area contributed by atoms with Crippen molar-refractivity contribution in [2.45, 2.75) is 20.4 Å². The molecule has 0 saturated heterocycles. The second kappa shape index (κ2) is 6.49. The number of H-pyrrole nitrogens is 1. The normalized spacial score (nSPS) is 10.6. The van der Waals surface area contributed by atoms with Crippen molar-refractivity contribution in [2.24, 2.45) is 0 Å². The minimum Gasteiger partial charge on any atom is -0.264 e. The Labute approximate surface area is 139 Å². The van der Waals surface area contributed by atoms with E-state index in [1.165, 1.54) is 6.07 Å². The zero-order valence-corrected chi connectivity index (χ0v) is 13.5. The minimum atomic E-state index is -0.411. The highest BCUT2D eigenvalue weighted by Gasteiger charge is 2.21. The van der Waals surface area contributed by atoms with Gasteiger partial charge in [-0.05, 0) is 32.0 Å². The number of anilines is 1. The molecular weight excluding hydrogens is 306 g/mol. The van der Waals surface area contributed by atoms with Crippen LogP contribution < -0.4 is 10.3 Å². The van der Waals surface area contributed by atoms with Gasteiger partial charge in [0.2, 0.25) is 0 Å². The van der Waals surface area contributed by atoms with Gasteiger partial charge < -0.3 is 0 Å². The van der Waals surface area contributed by atoms with E-state index in [1.807, 2.05) is 48.9 Å². The number of benzene rings is 1. The molecule has 0 aliphatic rings. The molecule has 0 aliphatic carbocycles. The lowest BCUT2D eigenvalue weighted by atomic mass is 10.2. The van der Waals surface area contributed by atoms with E-state index < -0.39 is 4.92 Å². The number of aromatic nitrogens is 3. The highest BCUT2D eigenvalue weighted by Crippen LogP contribution is 2.21. The predicted molar refractivity (Wildman–Crippen MR) is 90.0 cm³/mol. The molecule has 0 saturated carbocycles. The largest absolute Gasteiger partial charge is 0.357 e. The third kappa shape index (κ3) is 2.96. The SMILES string of the molecule is Cc1nn(-c2ccccc2)c(C)c1CNc1[nH+]cccc1[N+](=O)[O-]. The number of nitrogens with one attached hydrogen (secondary N) is 2. The van der Waals surface area contributed by atoms with Crippen molar-refractivity contribution in [3.63, 3.8) is 0 Å². The molecule has 0 spiro atoms. The van der Waals surface area contributed by atoms with Crippen molar-refractivity contribution >= 4 is 11.5 Å². The summed E-state index contributed by atoms with van der Waals surface area (Å²) < 4.78 is 1.88. The topological polar surface area (TPSA) is 87.1 Å². The van der Waals surface area contributed by atoms with Crippen LogP contribution >= 0.6 is 0 Å². The van der Waals surface area contributed by atoms with Crippen LogP contribution in [0.4, 0.5) is 11.5 Å². The quantitative estimate of drug-likeness (QED) is 0.577. The Morgan fingerprint density at radius 1 is 1.21 bits per heavy atom. The van der Waals surface area contributed by atoms with Gasteiger partial charge in [0.15, 0.2) is 0 Å². The predicted octanol–water partition coefficient (Wildman–Crippen LogP) is 2.82. The van der Waals surface area contributed by atoms with E-state index in [2.05, 4.69) is 15.4 Å². The lowest BCUT2D eigenvalue weighted by Crippen LogP contribution is -2.15. The van der Waals surface area contributed by atoms with Gasteiger partial charge in [0.25, 0.3) is 0 Å². The van der Waals surface area contributed by atoms with E-state index in [0.717, 1.165) is 22.6 Å². The summed E-state index contributed by atoms with van der Waals surface area (Å²) in [5.41, 5.74) is 3.92. The fourth-order valence-electron chi connectivity index (χ4n) is 2.65. The summed E-state index contributed by atoms with van der Waals surface area (Å²) in [6.45, 7) is 4.38. The molecule has 3 aromatic rings. The molecule has 0 atom stereocenters. The molecule has 2 aromatic heterocycles. The van der Waals surface area contributed by atoms with Crippen LogP contribution in [-0.4, -0.2) is 14.7 Å². The van der Waals surface area contributed by atoms with Gasteiger partial charge in [-0.1, -0.05) is 18.2 Å². The average Bonchev–Trinajstić information content (AvgIpc) is 2.88. The van der Waals surface area contributed by atoms with Crippen molar-refractivity contribution in [3.05, 3.63) is 75.7 Å². The number of aromatic amines is 1. The van der Waals surface area contributed by atoms with Crippen LogP contribution in [0.5, 0.6) is 0 Å². The molecule has 3 rings (SSSR count). The van der Waals surface area contributed by atoms with Crippen molar-refractivity contribution in [2.75, 3.05) is 5.32 Å². The molecule has 0 unspecified atom stereocenters. The monoisotopic (exact) mass is 324 g/mol. The van der Waals surface area contributed by atoms with Gasteiger partial charge in [-0.3, -0.25) is 15.4 Å². The van der Waals surface area contributed by atoms with E-state index >= 15 is 0 Å². The van der Waals surface area contributed by atoms with Gasteiger partial charge in [-0.2, -0.15) is 5.10 Å². The van der Waals surface area contributed by atoms with Crippen LogP contribution in [0.15, 0.2) is 48.7 Å². The summed E-state index contributed by atoms with van der Waals surface area (Å²) in [5, 5.41) is 18.8. The molecule has 2 heterocycles. The summed E-state index contributed by atoms with van der Waals surface area (Å²) >= 11 is 0. The molecule has 0 radical (unpaired) electrons. The number of hydrogen-bond acceptors (Lipinski definition) is 4. The van der Waals surface area contributed by atoms with Crippen LogP contribution in [0.1, 0.15) is 17.0 Å². The summed E-state index contributed by atoms with van der Waals surface area (Å²) in [6, 6.07) is 12.9. The van der Waals surface area contributed by atoms with Crippen molar-refractivity contribution in [1.29, 1.82) is 0 Å². The van der Waals surface area contributed by atoms with Gasteiger partial charge >= 0.3 is 11.5 Å². The maximum Gasteiger partial charge on any atom is 0.357 e. The first-order valence-corrected chi connectivity index (χ1v) is 7.57. The van der Waals surface area contributed by atoms with Gasteiger partial charge in [-0.15, -0.1) is 0 Å². The summed E-state index contributed by atoms with van der Waals surface area (Å²) in [6.07, 6.45) is 1.66. The fourth-order valence-corrected chi connectivity index (χ4v) is 2.65. The number of nitrogens with zero attached hydrogens (tertiary/aromatic N) is 3. The molecule has 0 fully saturated rings. The highest BCUT2D eigenvalue weighted by molar-refractivity contribution is 5.51. The Morgan fingerprint density at radius 3 is 2.67 bits per heavy atom. The zero-order valence-electron chi connectivity index (χ0n) is 13.5. The van der Waals surface area contributed by atoms with Crippen LogP contribution in [0.25, 0.3) is 5.69 Å². The van der Waals surface area contributed by atoms with Crippen LogP contribution in [0.3, 0.4) is 0 Å². The first-order valence-electron chi connectivity index (χ1n) is 7.57. The Morgan fingerprint density at radius 2 is 1.96 bits per heavy atom. The van der Waals surface area contributed by atoms with E-state index in [1.54, 1.807) is 12.3 Å². The Hall–Kier alpha value is -3.22. The Balaban J connectivity index is 1.87. The number of pyridine rings is 1. The Kier molecular flexibility index (Phi) is 4.24. The van der Waals surface area contributed by atoms with Crippen molar-refractivity contribution < 1.29 is 9.91 Å². The molecule has 7 heteroatoms. The minimum absolute atomic E-state index is 0.0169.